The fourth-order valence-corrected chi connectivity index (χ4v) is 2.84. The number of halogens is 1. The molecule has 3 nitrogen and oxygen atoms in total. The molecule has 0 amide bonds. The summed E-state index contributed by atoms with van der Waals surface area (Å²) < 4.78 is 24.2. The molecule has 2 aliphatic heterocycles. The molecule has 2 heterocycles. The van der Waals surface area contributed by atoms with Gasteiger partial charge in [-0.1, -0.05) is 12.1 Å². The third kappa shape index (κ3) is 3.14. The zero-order valence-corrected chi connectivity index (χ0v) is 11.1. The van der Waals surface area contributed by atoms with Crippen LogP contribution >= 0.6 is 0 Å². The van der Waals surface area contributed by atoms with Crippen molar-refractivity contribution in [3.8, 4) is 0 Å². The van der Waals surface area contributed by atoms with Gasteiger partial charge >= 0.3 is 0 Å². The van der Waals surface area contributed by atoms with Gasteiger partial charge in [0, 0.05) is 32.5 Å². The predicted octanol–water partition coefficient (Wildman–Crippen LogP) is 2.21. The molecular weight excluding hydrogens is 245 g/mol. The van der Waals surface area contributed by atoms with E-state index >= 15 is 0 Å². The van der Waals surface area contributed by atoms with Gasteiger partial charge in [0.2, 0.25) is 0 Å². The fraction of sp³-hybridized carbons (Fsp3) is 0.600. The first-order chi connectivity index (χ1) is 9.26. The highest BCUT2D eigenvalue weighted by atomic mass is 19.1. The number of piperidine rings is 1. The second-order valence-electron chi connectivity index (χ2n) is 5.33. The fourth-order valence-electron chi connectivity index (χ4n) is 2.84. The van der Waals surface area contributed by atoms with Crippen molar-refractivity contribution in [2.45, 2.75) is 25.0 Å². The van der Waals surface area contributed by atoms with Gasteiger partial charge in [-0.3, -0.25) is 0 Å². The minimum atomic E-state index is -0.285. The van der Waals surface area contributed by atoms with Crippen LogP contribution in [0.4, 0.5) is 4.39 Å². The molecule has 0 saturated carbocycles. The van der Waals surface area contributed by atoms with Crippen molar-refractivity contribution >= 4 is 0 Å². The molecule has 0 aliphatic carbocycles. The standard InChI is InChI=1S/C15H20FNO2/c16-14-3-1-13(2-4-14)5-8-17-9-6-15(7-10-17)18-11-12-19-15/h1-4H,5-12H2. The van der Waals surface area contributed by atoms with E-state index in [0.29, 0.717) is 0 Å². The van der Waals surface area contributed by atoms with Crippen LogP contribution in [0.2, 0.25) is 0 Å². The lowest BCUT2D eigenvalue weighted by Gasteiger charge is -2.37. The van der Waals surface area contributed by atoms with Crippen molar-refractivity contribution < 1.29 is 13.9 Å². The van der Waals surface area contributed by atoms with Crippen LogP contribution in [-0.4, -0.2) is 43.5 Å². The Labute approximate surface area is 113 Å². The summed E-state index contributed by atoms with van der Waals surface area (Å²) in [5.74, 6) is -0.453. The van der Waals surface area contributed by atoms with Gasteiger partial charge < -0.3 is 14.4 Å². The molecule has 2 aliphatic rings. The second kappa shape index (κ2) is 5.57. The molecule has 1 aromatic rings. The molecule has 19 heavy (non-hydrogen) atoms. The van der Waals surface area contributed by atoms with E-state index in [9.17, 15) is 4.39 Å². The summed E-state index contributed by atoms with van der Waals surface area (Å²) in [5.41, 5.74) is 1.19. The third-order valence-electron chi connectivity index (χ3n) is 4.06. The highest BCUT2D eigenvalue weighted by Crippen LogP contribution is 2.31. The minimum Gasteiger partial charge on any atom is -0.347 e. The van der Waals surface area contributed by atoms with Crippen molar-refractivity contribution in [3.05, 3.63) is 35.6 Å². The Hall–Kier alpha value is -0.970. The molecule has 0 atom stereocenters. The van der Waals surface area contributed by atoms with Gasteiger partial charge in [-0.2, -0.15) is 0 Å². The summed E-state index contributed by atoms with van der Waals surface area (Å²) in [6.45, 7) is 4.51. The molecule has 1 spiro atoms. The van der Waals surface area contributed by atoms with E-state index in [-0.39, 0.29) is 11.6 Å². The molecule has 0 N–H and O–H groups in total. The number of likely N-dealkylation sites (tertiary alicyclic amines) is 1. The molecule has 0 unspecified atom stereocenters. The Kier molecular flexibility index (Phi) is 3.82. The molecule has 0 aromatic heterocycles. The summed E-state index contributed by atoms with van der Waals surface area (Å²) in [7, 11) is 0. The lowest BCUT2D eigenvalue weighted by Crippen LogP contribution is -2.45. The SMILES string of the molecule is Fc1ccc(CCN2CCC3(CC2)OCCO3)cc1. The highest BCUT2D eigenvalue weighted by Gasteiger charge is 2.39. The van der Waals surface area contributed by atoms with Gasteiger partial charge in [0.15, 0.2) is 5.79 Å². The number of hydrogen-bond acceptors (Lipinski definition) is 3. The van der Waals surface area contributed by atoms with Crippen LogP contribution in [-0.2, 0) is 15.9 Å². The van der Waals surface area contributed by atoms with Crippen molar-refractivity contribution in [1.29, 1.82) is 0 Å². The summed E-state index contributed by atoms with van der Waals surface area (Å²) in [6.07, 6.45) is 2.88. The van der Waals surface area contributed by atoms with E-state index in [1.807, 2.05) is 12.1 Å². The van der Waals surface area contributed by atoms with E-state index in [2.05, 4.69) is 4.90 Å². The largest absolute Gasteiger partial charge is 0.347 e. The lowest BCUT2D eigenvalue weighted by atomic mass is 10.0. The molecule has 104 valence electrons. The summed E-state index contributed by atoms with van der Waals surface area (Å²) in [4.78, 5) is 2.43. The molecule has 3 rings (SSSR count). The van der Waals surface area contributed by atoms with E-state index in [1.165, 1.54) is 17.7 Å². The summed E-state index contributed by atoms with van der Waals surface area (Å²) in [6, 6.07) is 6.79. The maximum Gasteiger partial charge on any atom is 0.170 e. The van der Waals surface area contributed by atoms with E-state index in [0.717, 1.165) is 52.1 Å². The van der Waals surface area contributed by atoms with Crippen molar-refractivity contribution in [2.24, 2.45) is 0 Å². The number of rotatable bonds is 3. The minimum absolute atomic E-state index is 0.167. The Morgan fingerprint density at radius 1 is 1.05 bits per heavy atom. The number of ether oxygens (including phenoxy) is 2. The Morgan fingerprint density at radius 2 is 1.68 bits per heavy atom. The smallest absolute Gasteiger partial charge is 0.170 e. The first kappa shape index (κ1) is 13.0. The van der Waals surface area contributed by atoms with Crippen LogP contribution in [0.1, 0.15) is 18.4 Å². The quantitative estimate of drug-likeness (QED) is 0.836. The maximum absolute atomic E-state index is 12.8. The second-order valence-corrected chi connectivity index (χ2v) is 5.33. The van der Waals surface area contributed by atoms with Gasteiger partial charge in [0.1, 0.15) is 5.82 Å². The van der Waals surface area contributed by atoms with Crippen LogP contribution < -0.4 is 0 Å². The molecule has 2 saturated heterocycles. The third-order valence-corrected chi connectivity index (χ3v) is 4.06. The van der Waals surface area contributed by atoms with E-state index in [4.69, 9.17) is 9.47 Å². The van der Waals surface area contributed by atoms with Gasteiger partial charge in [0.25, 0.3) is 0 Å². The van der Waals surface area contributed by atoms with Crippen LogP contribution in [0.3, 0.4) is 0 Å². The molecule has 1 aromatic carbocycles. The number of hydrogen-bond donors (Lipinski definition) is 0. The van der Waals surface area contributed by atoms with Crippen LogP contribution in [0, 0.1) is 5.82 Å². The summed E-state index contributed by atoms with van der Waals surface area (Å²) in [5, 5.41) is 0. The topological polar surface area (TPSA) is 21.7 Å². The molecular formula is C15H20FNO2. The van der Waals surface area contributed by atoms with Gasteiger partial charge in [-0.05, 0) is 24.1 Å². The number of nitrogens with zero attached hydrogens (tertiary/aromatic N) is 1. The van der Waals surface area contributed by atoms with Crippen LogP contribution in [0.25, 0.3) is 0 Å². The highest BCUT2D eigenvalue weighted by molar-refractivity contribution is 5.16. The van der Waals surface area contributed by atoms with Crippen molar-refractivity contribution in [1.82, 2.24) is 4.90 Å². The van der Waals surface area contributed by atoms with Crippen molar-refractivity contribution in [3.63, 3.8) is 0 Å². The Morgan fingerprint density at radius 3 is 2.32 bits per heavy atom. The van der Waals surface area contributed by atoms with Crippen LogP contribution in [0.15, 0.2) is 24.3 Å². The Bertz CT molecular complexity index is 405. The average Bonchev–Trinajstić information content (AvgIpc) is 2.89. The van der Waals surface area contributed by atoms with Crippen LogP contribution in [0.5, 0.6) is 0 Å². The zero-order chi connectivity index (χ0) is 13.1. The van der Waals surface area contributed by atoms with Gasteiger partial charge in [-0.25, -0.2) is 4.39 Å². The first-order valence-corrected chi connectivity index (χ1v) is 7.01. The Balaban J connectivity index is 1.46. The zero-order valence-electron chi connectivity index (χ0n) is 11.1. The number of benzene rings is 1. The summed E-state index contributed by atoms with van der Waals surface area (Å²) >= 11 is 0. The maximum atomic E-state index is 12.8. The van der Waals surface area contributed by atoms with E-state index in [1.54, 1.807) is 0 Å². The first-order valence-electron chi connectivity index (χ1n) is 7.01. The average molecular weight is 265 g/mol. The van der Waals surface area contributed by atoms with Gasteiger partial charge in [-0.15, -0.1) is 0 Å². The van der Waals surface area contributed by atoms with Crippen molar-refractivity contribution in [2.75, 3.05) is 32.8 Å². The normalized spacial score (nSPS) is 23.0. The molecule has 0 radical (unpaired) electrons. The molecule has 2 fully saturated rings. The van der Waals surface area contributed by atoms with E-state index < -0.39 is 0 Å². The molecule has 0 bridgehead atoms. The predicted molar refractivity (Wildman–Crippen MR) is 70.4 cm³/mol. The lowest BCUT2D eigenvalue weighted by molar-refractivity contribution is -0.185. The van der Waals surface area contributed by atoms with Gasteiger partial charge in [0.05, 0.1) is 13.2 Å². The monoisotopic (exact) mass is 265 g/mol. The molecule has 4 heteroatoms.